The molecule has 2 rings (SSSR count). The average molecular weight is 230 g/mol. The number of hydrogen-bond donors (Lipinski definition) is 0. The van der Waals surface area contributed by atoms with Crippen molar-refractivity contribution in [3.05, 3.63) is 0 Å². The lowest BCUT2D eigenvalue weighted by atomic mass is 9.97. The molecule has 2 nitrogen and oxygen atoms in total. The molecule has 1 saturated carbocycles. The van der Waals surface area contributed by atoms with E-state index in [1.807, 2.05) is 4.90 Å². The number of likely N-dealkylation sites (tertiary alicyclic amines) is 1. The molecule has 0 aromatic rings. The Hall–Kier alpha value is -0.240. The van der Waals surface area contributed by atoms with E-state index < -0.39 is 0 Å². The minimum Gasteiger partial charge on any atom is -0.342 e. The molecule has 1 amide bonds. The molecule has 1 aliphatic heterocycles. The minimum absolute atomic E-state index is 0.262. The fourth-order valence-corrected chi connectivity index (χ4v) is 2.93. The number of carbonyl (C=O) groups is 1. The first-order valence-electron chi connectivity index (χ1n) is 6.11. The van der Waals surface area contributed by atoms with Crippen LogP contribution in [0.1, 0.15) is 39.0 Å². The molecule has 1 aliphatic carbocycles. The fraction of sp³-hybridized carbons (Fsp3) is 0.917. The van der Waals surface area contributed by atoms with E-state index in [2.05, 4.69) is 6.92 Å². The second-order valence-electron chi connectivity index (χ2n) is 5.05. The minimum atomic E-state index is 0.262. The number of alkyl halides is 1. The van der Waals surface area contributed by atoms with Crippen molar-refractivity contribution in [2.75, 3.05) is 13.1 Å². The van der Waals surface area contributed by atoms with Crippen LogP contribution in [0, 0.1) is 11.8 Å². The average Bonchev–Trinajstić information content (AvgIpc) is 2.74. The van der Waals surface area contributed by atoms with Crippen molar-refractivity contribution < 1.29 is 4.79 Å². The Balaban J connectivity index is 1.90. The molecule has 1 heterocycles. The third-order valence-electron chi connectivity index (χ3n) is 3.82. The second kappa shape index (κ2) is 4.73. The van der Waals surface area contributed by atoms with Crippen LogP contribution in [0.15, 0.2) is 0 Å². The third kappa shape index (κ3) is 2.47. The van der Waals surface area contributed by atoms with E-state index in [1.54, 1.807) is 0 Å². The molecular formula is C12H20ClNO. The van der Waals surface area contributed by atoms with Crippen molar-refractivity contribution >= 4 is 17.5 Å². The molecule has 2 unspecified atom stereocenters. The Kier molecular flexibility index (Phi) is 3.55. The first kappa shape index (κ1) is 11.3. The molecule has 2 atom stereocenters. The molecule has 0 radical (unpaired) electrons. The molecular weight excluding hydrogens is 210 g/mol. The number of nitrogens with zero attached hydrogens (tertiary/aromatic N) is 1. The van der Waals surface area contributed by atoms with Crippen molar-refractivity contribution in [1.29, 1.82) is 0 Å². The fourth-order valence-electron chi connectivity index (χ4n) is 2.75. The van der Waals surface area contributed by atoms with Crippen LogP contribution >= 0.6 is 11.6 Å². The molecule has 0 aromatic heterocycles. The van der Waals surface area contributed by atoms with Gasteiger partial charge >= 0.3 is 0 Å². The maximum atomic E-state index is 12.1. The van der Waals surface area contributed by atoms with E-state index in [0.29, 0.717) is 17.7 Å². The van der Waals surface area contributed by atoms with E-state index >= 15 is 0 Å². The summed E-state index contributed by atoms with van der Waals surface area (Å²) in [6.07, 6.45) is 5.64. The Morgan fingerprint density at radius 3 is 2.53 bits per heavy atom. The van der Waals surface area contributed by atoms with Gasteiger partial charge < -0.3 is 4.90 Å². The maximum absolute atomic E-state index is 12.1. The van der Waals surface area contributed by atoms with Gasteiger partial charge in [-0.3, -0.25) is 4.79 Å². The Bertz CT molecular complexity index is 238. The predicted octanol–water partition coefficient (Wildman–Crippen LogP) is 2.65. The normalized spacial score (nSPS) is 33.3. The summed E-state index contributed by atoms with van der Waals surface area (Å²) in [7, 11) is 0. The van der Waals surface area contributed by atoms with Gasteiger partial charge in [0.1, 0.15) is 0 Å². The van der Waals surface area contributed by atoms with Gasteiger partial charge in [-0.2, -0.15) is 0 Å². The topological polar surface area (TPSA) is 20.3 Å². The number of halogens is 1. The van der Waals surface area contributed by atoms with E-state index in [1.165, 1.54) is 12.8 Å². The van der Waals surface area contributed by atoms with Crippen LogP contribution < -0.4 is 0 Å². The molecule has 2 fully saturated rings. The summed E-state index contributed by atoms with van der Waals surface area (Å²) in [6.45, 7) is 3.88. The SMILES string of the molecule is CC1CN(C(=O)C2CCCC2)CCC1Cl. The van der Waals surface area contributed by atoms with Crippen LogP contribution in [-0.4, -0.2) is 29.3 Å². The number of carbonyl (C=O) groups excluding carboxylic acids is 1. The largest absolute Gasteiger partial charge is 0.342 e. The molecule has 1 saturated heterocycles. The van der Waals surface area contributed by atoms with Crippen LogP contribution in [0.5, 0.6) is 0 Å². The van der Waals surface area contributed by atoms with Gasteiger partial charge in [0.25, 0.3) is 0 Å². The van der Waals surface area contributed by atoms with Crippen molar-refractivity contribution in [3.63, 3.8) is 0 Å². The van der Waals surface area contributed by atoms with Gasteiger partial charge in [-0.1, -0.05) is 19.8 Å². The van der Waals surface area contributed by atoms with Crippen molar-refractivity contribution in [1.82, 2.24) is 4.90 Å². The first-order valence-corrected chi connectivity index (χ1v) is 6.55. The zero-order valence-electron chi connectivity index (χ0n) is 9.42. The zero-order chi connectivity index (χ0) is 10.8. The van der Waals surface area contributed by atoms with E-state index in [4.69, 9.17) is 11.6 Å². The van der Waals surface area contributed by atoms with Crippen LogP contribution in [-0.2, 0) is 4.79 Å². The summed E-state index contributed by atoms with van der Waals surface area (Å²) in [5.74, 6) is 1.16. The van der Waals surface area contributed by atoms with Gasteiger partial charge in [-0.15, -0.1) is 11.6 Å². The van der Waals surface area contributed by atoms with Crippen LogP contribution in [0.25, 0.3) is 0 Å². The standard InChI is InChI=1S/C12H20ClNO/c1-9-8-14(7-6-11(9)13)12(15)10-4-2-3-5-10/h9-11H,2-8H2,1H3. The highest BCUT2D eigenvalue weighted by atomic mass is 35.5. The Morgan fingerprint density at radius 2 is 1.93 bits per heavy atom. The van der Waals surface area contributed by atoms with Gasteiger partial charge in [-0.05, 0) is 25.2 Å². The summed E-state index contributed by atoms with van der Waals surface area (Å²) in [5.41, 5.74) is 0. The highest BCUT2D eigenvalue weighted by Gasteiger charge is 2.32. The molecule has 15 heavy (non-hydrogen) atoms. The number of piperidine rings is 1. The summed E-state index contributed by atoms with van der Waals surface area (Å²) in [6, 6.07) is 0. The number of hydrogen-bond acceptors (Lipinski definition) is 1. The molecule has 86 valence electrons. The van der Waals surface area contributed by atoms with Crippen molar-refractivity contribution in [2.24, 2.45) is 11.8 Å². The predicted molar refractivity (Wildman–Crippen MR) is 62.0 cm³/mol. The van der Waals surface area contributed by atoms with E-state index in [0.717, 1.165) is 32.4 Å². The molecule has 0 spiro atoms. The monoisotopic (exact) mass is 229 g/mol. The summed E-state index contributed by atoms with van der Waals surface area (Å²) >= 11 is 6.16. The summed E-state index contributed by atoms with van der Waals surface area (Å²) in [5, 5.41) is 0.262. The molecule has 3 heteroatoms. The lowest BCUT2D eigenvalue weighted by molar-refractivity contribution is -0.137. The second-order valence-corrected chi connectivity index (χ2v) is 5.61. The zero-order valence-corrected chi connectivity index (χ0v) is 10.2. The van der Waals surface area contributed by atoms with Crippen molar-refractivity contribution in [3.8, 4) is 0 Å². The maximum Gasteiger partial charge on any atom is 0.225 e. The Labute approximate surface area is 97.0 Å². The smallest absolute Gasteiger partial charge is 0.225 e. The lowest BCUT2D eigenvalue weighted by Gasteiger charge is -2.35. The highest BCUT2D eigenvalue weighted by molar-refractivity contribution is 6.20. The molecule has 0 bridgehead atoms. The quantitative estimate of drug-likeness (QED) is 0.633. The summed E-state index contributed by atoms with van der Waals surface area (Å²) < 4.78 is 0. The lowest BCUT2D eigenvalue weighted by Crippen LogP contribution is -2.45. The first-order chi connectivity index (χ1) is 7.18. The van der Waals surface area contributed by atoms with Crippen molar-refractivity contribution in [2.45, 2.75) is 44.4 Å². The van der Waals surface area contributed by atoms with Gasteiger partial charge in [-0.25, -0.2) is 0 Å². The van der Waals surface area contributed by atoms with Gasteiger partial charge in [0, 0.05) is 24.4 Å². The van der Waals surface area contributed by atoms with E-state index in [9.17, 15) is 4.79 Å². The van der Waals surface area contributed by atoms with E-state index in [-0.39, 0.29) is 5.38 Å². The molecule has 2 aliphatic rings. The van der Waals surface area contributed by atoms with Crippen LogP contribution in [0.3, 0.4) is 0 Å². The third-order valence-corrected chi connectivity index (χ3v) is 4.47. The van der Waals surface area contributed by atoms with Gasteiger partial charge in [0.15, 0.2) is 0 Å². The van der Waals surface area contributed by atoms with Crippen LogP contribution in [0.4, 0.5) is 0 Å². The molecule has 0 aromatic carbocycles. The highest BCUT2D eigenvalue weighted by Crippen LogP contribution is 2.29. The number of amides is 1. The van der Waals surface area contributed by atoms with Gasteiger partial charge in [0.2, 0.25) is 5.91 Å². The Morgan fingerprint density at radius 1 is 1.27 bits per heavy atom. The van der Waals surface area contributed by atoms with Gasteiger partial charge in [0.05, 0.1) is 0 Å². The van der Waals surface area contributed by atoms with Crippen LogP contribution in [0.2, 0.25) is 0 Å². The molecule has 0 N–H and O–H groups in total. The number of rotatable bonds is 1. The summed E-state index contributed by atoms with van der Waals surface area (Å²) in [4.78, 5) is 14.2.